The number of aromatic nitrogens is 2. The summed E-state index contributed by atoms with van der Waals surface area (Å²) in [7, 11) is 0. The first-order valence-corrected chi connectivity index (χ1v) is 4.78. The molecule has 0 atom stereocenters. The molecule has 0 aliphatic rings. The summed E-state index contributed by atoms with van der Waals surface area (Å²) < 4.78 is 31.4. The van der Waals surface area contributed by atoms with Crippen molar-refractivity contribution in [2.24, 2.45) is 0 Å². The largest absolute Gasteiger partial charge is 0.436 e. The summed E-state index contributed by atoms with van der Waals surface area (Å²) in [6.45, 7) is 1.58. The zero-order chi connectivity index (χ0) is 12.4. The number of hydrogen-bond donors (Lipinski definition) is 1. The SMILES string of the molecule is Cc1cc(Oc2nc(N)ncc2F)ccc1F. The fourth-order valence-electron chi connectivity index (χ4n) is 1.23. The van der Waals surface area contributed by atoms with Gasteiger partial charge in [-0.1, -0.05) is 0 Å². The first-order chi connectivity index (χ1) is 8.06. The Kier molecular flexibility index (Phi) is 2.86. The summed E-state index contributed by atoms with van der Waals surface area (Å²) in [4.78, 5) is 7.06. The lowest BCUT2D eigenvalue weighted by molar-refractivity contribution is 0.419. The van der Waals surface area contributed by atoms with Crippen LogP contribution in [-0.2, 0) is 0 Å². The molecule has 17 heavy (non-hydrogen) atoms. The summed E-state index contributed by atoms with van der Waals surface area (Å²) in [5.41, 5.74) is 5.70. The molecule has 0 bridgehead atoms. The van der Waals surface area contributed by atoms with E-state index in [9.17, 15) is 8.78 Å². The summed E-state index contributed by atoms with van der Waals surface area (Å²) in [5.74, 6) is -1.20. The molecule has 2 aromatic rings. The number of benzene rings is 1. The quantitative estimate of drug-likeness (QED) is 0.871. The van der Waals surface area contributed by atoms with Crippen molar-refractivity contribution in [3.8, 4) is 11.6 Å². The van der Waals surface area contributed by atoms with Gasteiger partial charge in [-0.3, -0.25) is 0 Å². The fraction of sp³-hybridized carbons (Fsp3) is 0.0909. The van der Waals surface area contributed by atoms with E-state index in [0.29, 0.717) is 5.56 Å². The highest BCUT2D eigenvalue weighted by Crippen LogP contribution is 2.24. The minimum absolute atomic E-state index is 0.0970. The zero-order valence-corrected chi connectivity index (χ0v) is 8.95. The predicted octanol–water partition coefficient (Wildman–Crippen LogP) is 2.44. The van der Waals surface area contributed by atoms with Crippen molar-refractivity contribution in [1.29, 1.82) is 0 Å². The molecule has 0 unspecified atom stereocenters. The molecule has 0 saturated carbocycles. The Labute approximate surface area is 96.1 Å². The van der Waals surface area contributed by atoms with Crippen LogP contribution in [0.2, 0.25) is 0 Å². The lowest BCUT2D eigenvalue weighted by Gasteiger charge is -2.06. The fourth-order valence-corrected chi connectivity index (χ4v) is 1.23. The molecular weight excluding hydrogens is 228 g/mol. The van der Waals surface area contributed by atoms with Crippen molar-refractivity contribution in [3.63, 3.8) is 0 Å². The number of aryl methyl sites for hydroxylation is 1. The van der Waals surface area contributed by atoms with Gasteiger partial charge in [0.25, 0.3) is 5.88 Å². The number of ether oxygens (including phenoxy) is 1. The van der Waals surface area contributed by atoms with Crippen LogP contribution in [0.1, 0.15) is 5.56 Å². The van der Waals surface area contributed by atoms with Gasteiger partial charge < -0.3 is 10.5 Å². The molecular formula is C11H9F2N3O. The Morgan fingerprint density at radius 2 is 2.00 bits per heavy atom. The summed E-state index contributed by atoms with van der Waals surface area (Å²) >= 11 is 0. The zero-order valence-electron chi connectivity index (χ0n) is 8.95. The van der Waals surface area contributed by atoms with E-state index in [0.717, 1.165) is 6.20 Å². The summed E-state index contributed by atoms with van der Waals surface area (Å²) in [5, 5.41) is 0. The molecule has 0 aliphatic carbocycles. The van der Waals surface area contributed by atoms with Gasteiger partial charge in [0.2, 0.25) is 11.8 Å². The maximum Gasteiger partial charge on any atom is 0.260 e. The van der Waals surface area contributed by atoms with Crippen LogP contribution < -0.4 is 10.5 Å². The lowest BCUT2D eigenvalue weighted by Crippen LogP contribution is -1.99. The first-order valence-electron chi connectivity index (χ1n) is 4.78. The van der Waals surface area contributed by atoms with Crippen LogP contribution in [0.25, 0.3) is 0 Å². The van der Waals surface area contributed by atoms with Gasteiger partial charge in [0.05, 0.1) is 6.20 Å². The van der Waals surface area contributed by atoms with E-state index in [1.165, 1.54) is 18.2 Å². The van der Waals surface area contributed by atoms with Crippen molar-refractivity contribution in [2.75, 3.05) is 5.73 Å². The van der Waals surface area contributed by atoms with Gasteiger partial charge in [-0.15, -0.1) is 0 Å². The standard InChI is InChI=1S/C11H9F2N3O/c1-6-4-7(2-3-8(6)12)17-10-9(13)5-15-11(14)16-10/h2-5H,1H3,(H2,14,15,16). The Balaban J connectivity index is 2.31. The second kappa shape index (κ2) is 4.32. The van der Waals surface area contributed by atoms with E-state index < -0.39 is 5.82 Å². The number of nitrogen functional groups attached to an aromatic ring is 1. The highest BCUT2D eigenvalue weighted by atomic mass is 19.1. The third kappa shape index (κ3) is 2.47. The number of halogens is 2. The second-order valence-electron chi connectivity index (χ2n) is 3.39. The Morgan fingerprint density at radius 3 is 2.71 bits per heavy atom. The number of anilines is 1. The van der Waals surface area contributed by atoms with Gasteiger partial charge in [-0.05, 0) is 30.7 Å². The van der Waals surface area contributed by atoms with E-state index in [-0.39, 0.29) is 23.4 Å². The maximum absolute atomic E-state index is 13.3. The van der Waals surface area contributed by atoms with Crippen molar-refractivity contribution in [1.82, 2.24) is 9.97 Å². The van der Waals surface area contributed by atoms with E-state index in [4.69, 9.17) is 10.5 Å². The molecule has 0 fully saturated rings. The molecule has 1 heterocycles. The van der Waals surface area contributed by atoms with Gasteiger partial charge in [0.15, 0.2) is 0 Å². The molecule has 0 spiro atoms. The van der Waals surface area contributed by atoms with E-state index >= 15 is 0 Å². The van der Waals surface area contributed by atoms with Crippen molar-refractivity contribution >= 4 is 5.95 Å². The molecule has 0 aliphatic heterocycles. The summed E-state index contributed by atoms with van der Waals surface area (Å²) in [6.07, 6.45) is 0.911. The van der Waals surface area contributed by atoms with Crippen LogP contribution in [-0.4, -0.2) is 9.97 Å². The van der Waals surface area contributed by atoms with Crippen molar-refractivity contribution in [3.05, 3.63) is 41.6 Å². The second-order valence-corrected chi connectivity index (χ2v) is 3.39. The molecule has 0 amide bonds. The molecule has 88 valence electrons. The normalized spacial score (nSPS) is 10.3. The van der Waals surface area contributed by atoms with Crippen molar-refractivity contribution in [2.45, 2.75) is 6.92 Å². The minimum Gasteiger partial charge on any atom is -0.436 e. The van der Waals surface area contributed by atoms with Crippen LogP contribution in [0, 0.1) is 18.6 Å². The molecule has 1 aromatic heterocycles. The third-order valence-corrected chi connectivity index (χ3v) is 2.07. The van der Waals surface area contributed by atoms with Gasteiger partial charge in [0, 0.05) is 0 Å². The van der Waals surface area contributed by atoms with Crippen LogP contribution in [0.15, 0.2) is 24.4 Å². The third-order valence-electron chi connectivity index (χ3n) is 2.07. The highest BCUT2D eigenvalue weighted by Gasteiger charge is 2.09. The van der Waals surface area contributed by atoms with Crippen LogP contribution in [0.4, 0.5) is 14.7 Å². The average molecular weight is 237 g/mol. The predicted molar refractivity (Wildman–Crippen MR) is 57.6 cm³/mol. The maximum atomic E-state index is 13.3. The molecule has 2 rings (SSSR count). The average Bonchev–Trinajstić information content (AvgIpc) is 2.29. The van der Waals surface area contributed by atoms with Gasteiger partial charge >= 0.3 is 0 Å². The van der Waals surface area contributed by atoms with Crippen molar-refractivity contribution < 1.29 is 13.5 Å². The van der Waals surface area contributed by atoms with Gasteiger partial charge in [0.1, 0.15) is 11.6 Å². The van der Waals surface area contributed by atoms with Crippen LogP contribution in [0.3, 0.4) is 0 Å². The smallest absolute Gasteiger partial charge is 0.260 e. The number of hydrogen-bond acceptors (Lipinski definition) is 4. The number of rotatable bonds is 2. The molecule has 6 heteroatoms. The monoisotopic (exact) mass is 237 g/mol. The van der Waals surface area contributed by atoms with Gasteiger partial charge in [-0.25, -0.2) is 9.37 Å². The highest BCUT2D eigenvalue weighted by molar-refractivity contribution is 5.33. The molecule has 4 nitrogen and oxygen atoms in total. The molecule has 2 N–H and O–H groups in total. The molecule has 0 saturated heterocycles. The van der Waals surface area contributed by atoms with Crippen LogP contribution >= 0.6 is 0 Å². The van der Waals surface area contributed by atoms with E-state index in [2.05, 4.69) is 9.97 Å². The Bertz CT molecular complexity index is 560. The van der Waals surface area contributed by atoms with Gasteiger partial charge in [-0.2, -0.15) is 9.37 Å². The minimum atomic E-state index is -0.735. The summed E-state index contributed by atoms with van der Waals surface area (Å²) in [6, 6.07) is 4.04. The lowest BCUT2D eigenvalue weighted by atomic mass is 10.2. The topological polar surface area (TPSA) is 61.0 Å². The molecule has 1 aromatic carbocycles. The number of nitrogens with two attached hydrogens (primary N) is 1. The van der Waals surface area contributed by atoms with E-state index in [1.807, 2.05) is 0 Å². The molecule has 0 radical (unpaired) electrons. The Morgan fingerprint density at radius 1 is 1.24 bits per heavy atom. The first kappa shape index (κ1) is 11.3. The Hall–Kier alpha value is -2.24. The number of nitrogens with zero attached hydrogens (tertiary/aromatic N) is 2. The van der Waals surface area contributed by atoms with Crippen LogP contribution in [0.5, 0.6) is 11.6 Å². The van der Waals surface area contributed by atoms with E-state index in [1.54, 1.807) is 6.92 Å².